The Bertz CT molecular complexity index is 202. The summed E-state index contributed by atoms with van der Waals surface area (Å²) in [4.78, 5) is 0. The molecule has 0 amide bonds. The molecule has 0 aromatic carbocycles. The molecule has 0 spiro atoms. The summed E-state index contributed by atoms with van der Waals surface area (Å²) in [6.07, 6.45) is 8.57. The summed E-state index contributed by atoms with van der Waals surface area (Å²) in [7, 11) is 0. The van der Waals surface area contributed by atoms with Crippen LogP contribution in [0.25, 0.3) is 0 Å². The van der Waals surface area contributed by atoms with Gasteiger partial charge in [0.1, 0.15) is 0 Å². The van der Waals surface area contributed by atoms with Crippen LogP contribution in [0.4, 0.5) is 0 Å². The first-order chi connectivity index (χ1) is 7.42. The molecule has 0 saturated heterocycles. The van der Waals surface area contributed by atoms with Gasteiger partial charge in [-0.05, 0) is 32.3 Å². The first-order valence-electron chi connectivity index (χ1n) is 6.27. The van der Waals surface area contributed by atoms with Crippen molar-refractivity contribution in [3.63, 3.8) is 0 Å². The average Bonchev–Trinajstić information content (AvgIpc) is 2.22. The highest BCUT2D eigenvalue weighted by Crippen LogP contribution is 2.26. The van der Waals surface area contributed by atoms with Crippen molar-refractivity contribution in [1.29, 1.82) is 0 Å². The van der Waals surface area contributed by atoms with Crippen molar-refractivity contribution in [2.24, 2.45) is 5.14 Å². The van der Waals surface area contributed by atoms with E-state index in [2.05, 4.69) is 13.5 Å². The van der Waals surface area contributed by atoms with Gasteiger partial charge in [-0.25, -0.2) is 0 Å². The molecular weight excluding hydrogens is 218 g/mol. The lowest BCUT2D eigenvalue weighted by molar-refractivity contribution is 0.554. The minimum atomic E-state index is -1.32. The predicted octanol–water partition coefficient (Wildman–Crippen LogP) is 3.69. The van der Waals surface area contributed by atoms with Crippen LogP contribution in [-0.4, -0.2) is 9.30 Å². The zero-order chi connectivity index (χ0) is 12.6. The third kappa shape index (κ3) is 5.92. The molecule has 0 aliphatic carbocycles. The highest BCUT2D eigenvalue weighted by atomic mass is 32.2. The van der Waals surface area contributed by atoms with Gasteiger partial charge in [0.05, 0.1) is 0 Å². The topological polar surface area (TPSA) is 49.1 Å². The van der Waals surface area contributed by atoms with Crippen LogP contribution < -0.4 is 5.14 Å². The molecule has 0 aliphatic heterocycles. The van der Waals surface area contributed by atoms with Gasteiger partial charge in [-0.15, -0.1) is 0 Å². The lowest BCUT2D eigenvalue weighted by atomic mass is 9.97. The van der Waals surface area contributed by atoms with Crippen molar-refractivity contribution < 1.29 is 4.55 Å². The molecule has 0 fully saturated rings. The Morgan fingerprint density at radius 2 is 1.69 bits per heavy atom. The summed E-state index contributed by atoms with van der Waals surface area (Å²) < 4.78 is 10.9. The maximum absolute atomic E-state index is 11.3. The molecule has 0 aromatic heterocycles. The number of unbranched alkanes of at least 4 members (excludes halogenated alkanes) is 5. The highest BCUT2D eigenvalue weighted by molar-refractivity contribution is 7.90. The maximum atomic E-state index is 11.3. The Morgan fingerprint density at radius 1 is 1.19 bits per heavy atom. The van der Waals surface area contributed by atoms with E-state index in [4.69, 9.17) is 5.14 Å². The molecule has 0 aliphatic rings. The van der Waals surface area contributed by atoms with Crippen molar-refractivity contribution in [2.75, 3.05) is 0 Å². The molecule has 1 atom stereocenters. The quantitative estimate of drug-likeness (QED) is 0.382. The summed E-state index contributed by atoms with van der Waals surface area (Å²) in [5.74, 6) is 0. The molecule has 0 saturated carbocycles. The molecule has 0 aromatic rings. The van der Waals surface area contributed by atoms with Crippen LogP contribution in [-0.2, 0) is 11.4 Å². The largest absolute Gasteiger partial charge is 0.598 e. The van der Waals surface area contributed by atoms with Crippen LogP contribution in [0, 0.1) is 0 Å². The monoisotopic (exact) mass is 245 g/mol. The fraction of sp³-hybridized carbons (Fsp3) is 0.846. The number of hydrogen-bond acceptors (Lipinski definition) is 2. The van der Waals surface area contributed by atoms with Gasteiger partial charge in [0, 0.05) is 11.4 Å². The van der Waals surface area contributed by atoms with Crippen LogP contribution in [0.3, 0.4) is 0 Å². The smallest absolute Gasteiger partial charge is 0.160 e. The van der Waals surface area contributed by atoms with Gasteiger partial charge in [-0.3, -0.25) is 0 Å². The second-order valence-electron chi connectivity index (χ2n) is 4.93. The second-order valence-corrected chi connectivity index (χ2v) is 6.54. The first-order valence-corrected chi connectivity index (χ1v) is 7.48. The minimum absolute atomic E-state index is 0.441. The molecule has 3 heteroatoms. The Morgan fingerprint density at radius 3 is 2.19 bits per heavy atom. The van der Waals surface area contributed by atoms with E-state index in [1.54, 1.807) is 0 Å². The Balaban J connectivity index is 3.66. The van der Waals surface area contributed by atoms with Gasteiger partial charge in [-0.1, -0.05) is 45.6 Å². The standard InChI is InChI=1S/C13H27NOS/c1-5-6-7-8-9-10-11-12(2)13(3,4)16(14)15/h2,5-11,14H2,1,3-4H3. The van der Waals surface area contributed by atoms with Crippen LogP contribution in [0.5, 0.6) is 0 Å². The van der Waals surface area contributed by atoms with Crippen LogP contribution in [0.15, 0.2) is 12.2 Å². The molecule has 1 unspecified atom stereocenters. The van der Waals surface area contributed by atoms with E-state index in [9.17, 15) is 4.55 Å². The van der Waals surface area contributed by atoms with E-state index in [1.807, 2.05) is 13.8 Å². The normalized spacial score (nSPS) is 13.8. The van der Waals surface area contributed by atoms with Crippen molar-refractivity contribution >= 4 is 11.4 Å². The van der Waals surface area contributed by atoms with E-state index in [0.29, 0.717) is 0 Å². The van der Waals surface area contributed by atoms with Crippen LogP contribution in [0.1, 0.15) is 65.7 Å². The third-order valence-electron chi connectivity index (χ3n) is 3.19. The average molecular weight is 245 g/mol. The summed E-state index contributed by atoms with van der Waals surface area (Å²) in [6, 6.07) is 0. The van der Waals surface area contributed by atoms with Crippen molar-refractivity contribution in [3.05, 3.63) is 12.2 Å². The number of hydrogen-bond donors (Lipinski definition) is 1. The Hall–Kier alpha value is 0.01000. The van der Waals surface area contributed by atoms with E-state index in [-0.39, 0.29) is 0 Å². The zero-order valence-electron chi connectivity index (χ0n) is 11.1. The van der Waals surface area contributed by atoms with E-state index in [0.717, 1.165) is 18.4 Å². The first kappa shape index (κ1) is 16.0. The molecule has 0 radical (unpaired) electrons. The van der Waals surface area contributed by atoms with Gasteiger partial charge < -0.3 is 4.55 Å². The molecular formula is C13H27NOS. The molecule has 16 heavy (non-hydrogen) atoms. The SMILES string of the molecule is C=C(CCCCCCCC)C(C)(C)[S+](N)[O-]. The fourth-order valence-corrected chi connectivity index (χ4v) is 1.95. The Labute approximate surface area is 104 Å². The number of rotatable bonds is 9. The van der Waals surface area contributed by atoms with Crippen molar-refractivity contribution in [2.45, 2.75) is 70.5 Å². The number of nitrogens with two attached hydrogens (primary N) is 1. The van der Waals surface area contributed by atoms with Gasteiger partial charge in [-0.2, -0.15) is 5.14 Å². The zero-order valence-corrected chi connectivity index (χ0v) is 11.9. The van der Waals surface area contributed by atoms with E-state index >= 15 is 0 Å². The molecule has 0 heterocycles. The summed E-state index contributed by atoms with van der Waals surface area (Å²) >= 11 is -1.32. The van der Waals surface area contributed by atoms with Gasteiger partial charge in [0.2, 0.25) is 0 Å². The highest BCUT2D eigenvalue weighted by Gasteiger charge is 2.32. The summed E-state index contributed by atoms with van der Waals surface area (Å²) in [6.45, 7) is 10.0. The minimum Gasteiger partial charge on any atom is -0.598 e. The maximum Gasteiger partial charge on any atom is 0.160 e. The fourth-order valence-electron chi connectivity index (χ4n) is 1.56. The van der Waals surface area contributed by atoms with Gasteiger partial charge in [0.15, 0.2) is 4.75 Å². The lowest BCUT2D eigenvalue weighted by Gasteiger charge is -2.26. The van der Waals surface area contributed by atoms with Crippen molar-refractivity contribution in [3.8, 4) is 0 Å². The lowest BCUT2D eigenvalue weighted by Crippen LogP contribution is -2.39. The van der Waals surface area contributed by atoms with Crippen LogP contribution >= 0.6 is 0 Å². The van der Waals surface area contributed by atoms with Crippen molar-refractivity contribution in [1.82, 2.24) is 0 Å². The molecule has 2 N–H and O–H groups in total. The van der Waals surface area contributed by atoms with E-state index < -0.39 is 16.1 Å². The summed E-state index contributed by atoms with van der Waals surface area (Å²) in [5.41, 5.74) is 1.02. The van der Waals surface area contributed by atoms with Gasteiger partial charge >= 0.3 is 0 Å². The van der Waals surface area contributed by atoms with E-state index in [1.165, 1.54) is 32.1 Å². The molecule has 96 valence electrons. The van der Waals surface area contributed by atoms with Crippen LogP contribution in [0.2, 0.25) is 0 Å². The molecule has 2 nitrogen and oxygen atoms in total. The second kappa shape index (κ2) is 8.15. The summed E-state index contributed by atoms with van der Waals surface area (Å²) in [5, 5.41) is 5.45. The van der Waals surface area contributed by atoms with Gasteiger partial charge in [0.25, 0.3) is 0 Å². The predicted molar refractivity (Wildman–Crippen MR) is 73.5 cm³/mol. The third-order valence-corrected chi connectivity index (χ3v) is 4.48. The molecule has 0 rings (SSSR count). The Kier molecular flexibility index (Phi) is 8.16. The molecule has 0 bridgehead atoms.